The van der Waals surface area contributed by atoms with E-state index in [1.165, 1.54) is 6.07 Å². The van der Waals surface area contributed by atoms with E-state index in [1.807, 2.05) is 0 Å². The zero-order valence-corrected chi connectivity index (χ0v) is 16.3. The second-order valence-electron chi connectivity index (χ2n) is 6.19. The highest BCUT2D eigenvalue weighted by atomic mass is 35.5. The summed E-state index contributed by atoms with van der Waals surface area (Å²) in [7, 11) is -1.42. The zero-order valence-electron chi connectivity index (χ0n) is 14.7. The van der Waals surface area contributed by atoms with E-state index >= 15 is 0 Å². The van der Waals surface area contributed by atoms with Crippen molar-refractivity contribution in [3.8, 4) is 11.5 Å². The van der Waals surface area contributed by atoms with Gasteiger partial charge in [0.1, 0.15) is 24.8 Å². The minimum absolute atomic E-state index is 0.152. The number of aryl methyl sites for hydroxylation is 1. The fraction of sp³-hybridized carbons (Fsp3) is 0.316. The van der Waals surface area contributed by atoms with Crippen molar-refractivity contribution in [2.24, 2.45) is 0 Å². The fourth-order valence-corrected chi connectivity index (χ4v) is 3.95. The van der Waals surface area contributed by atoms with Gasteiger partial charge in [-0.2, -0.15) is 0 Å². The molecule has 0 aliphatic carbocycles. The monoisotopic (exact) mass is 411 g/mol. The molecular weight excluding hydrogens is 393 g/mol. The van der Waals surface area contributed by atoms with Gasteiger partial charge in [-0.05, 0) is 41.8 Å². The van der Waals surface area contributed by atoms with Crippen LogP contribution < -0.4 is 14.8 Å². The van der Waals surface area contributed by atoms with E-state index in [9.17, 15) is 13.4 Å². The summed E-state index contributed by atoms with van der Waals surface area (Å²) < 4.78 is 36.7. The molecule has 0 fully saturated rings. The number of hydrogen-bond donors (Lipinski definition) is 1. The molecule has 1 aliphatic rings. The van der Waals surface area contributed by atoms with Crippen LogP contribution in [0.5, 0.6) is 11.5 Å². The number of halogens is 2. The summed E-state index contributed by atoms with van der Waals surface area (Å²) in [5.41, 5.74) is 1.90. The number of fused-ring (bicyclic) bond motifs is 1. The van der Waals surface area contributed by atoms with Gasteiger partial charge in [0.25, 0.3) is 0 Å². The molecule has 2 aromatic carbocycles. The van der Waals surface area contributed by atoms with Gasteiger partial charge in [0.15, 0.2) is 11.5 Å². The van der Waals surface area contributed by atoms with Crippen molar-refractivity contribution in [2.75, 3.05) is 19.0 Å². The van der Waals surface area contributed by atoms with Crippen LogP contribution in [0.25, 0.3) is 0 Å². The van der Waals surface area contributed by atoms with Crippen LogP contribution in [0.15, 0.2) is 30.3 Å². The molecule has 0 bridgehead atoms. The molecule has 1 N–H and O–H groups in total. The third-order valence-corrected chi connectivity index (χ3v) is 5.52. The highest BCUT2D eigenvalue weighted by Crippen LogP contribution is 2.38. The van der Waals surface area contributed by atoms with Gasteiger partial charge in [-0.25, -0.2) is 4.39 Å². The molecule has 0 aromatic heterocycles. The molecule has 8 heteroatoms. The van der Waals surface area contributed by atoms with Crippen molar-refractivity contribution in [1.82, 2.24) is 5.32 Å². The number of benzene rings is 2. The minimum atomic E-state index is -1.42. The molecule has 0 spiro atoms. The maximum atomic E-state index is 13.5. The lowest BCUT2D eigenvalue weighted by Gasteiger charge is -2.20. The first kappa shape index (κ1) is 19.6. The Labute approximate surface area is 164 Å². The third kappa shape index (κ3) is 5.20. The third-order valence-electron chi connectivity index (χ3n) is 4.00. The number of carbonyl (C=O) groups excluding carboxylic acids is 1. The Bertz CT molecular complexity index is 890. The maximum Gasteiger partial charge on any atom is 0.232 e. The van der Waals surface area contributed by atoms with Gasteiger partial charge in [0.05, 0.1) is 5.02 Å². The summed E-state index contributed by atoms with van der Waals surface area (Å²) in [4.78, 5) is 12.0. The highest BCUT2D eigenvalue weighted by molar-refractivity contribution is 7.84. The standard InChI is InChI=1S/C19H19ClFNO4S/c1-12-2-3-13(7-16(12)21)9-22-18(23)11-27(24)10-14-6-15(20)19-17(8-14)25-4-5-26-19/h2-3,6-8H,4-5,9-11H2,1H3,(H,22,23). The second kappa shape index (κ2) is 8.71. The van der Waals surface area contributed by atoms with Crippen molar-refractivity contribution in [3.63, 3.8) is 0 Å². The van der Waals surface area contributed by atoms with Crippen LogP contribution in [-0.2, 0) is 27.9 Å². The highest BCUT2D eigenvalue weighted by Gasteiger charge is 2.18. The molecule has 3 rings (SSSR count). The summed E-state index contributed by atoms with van der Waals surface area (Å²) in [6.07, 6.45) is 0. The van der Waals surface area contributed by atoms with E-state index in [4.69, 9.17) is 21.1 Å². The summed E-state index contributed by atoms with van der Waals surface area (Å²) >= 11 is 6.16. The van der Waals surface area contributed by atoms with Gasteiger partial charge in [-0.1, -0.05) is 23.7 Å². The number of nitrogens with one attached hydrogen (secondary N) is 1. The van der Waals surface area contributed by atoms with Gasteiger partial charge in [0.2, 0.25) is 5.91 Å². The molecule has 1 aliphatic heterocycles. The largest absolute Gasteiger partial charge is 0.486 e. The normalized spacial score (nSPS) is 13.9. The maximum absolute atomic E-state index is 13.5. The Balaban J connectivity index is 1.53. The van der Waals surface area contributed by atoms with Gasteiger partial charge in [0, 0.05) is 23.1 Å². The number of ether oxygens (including phenoxy) is 2. The molecule has 1 amide bonds. The molecular formula is C19H19ClFNO4S. The van der Waals surface area contributed by atoms with Crippen LogP contribution in [0.3, 0.4) is 0 Å². The Hall–Kier alpha value is -2.12. The van der Waals surface area contributed by atoms with Crippen LogP contribution >= 0.6 is 11.6 Å². The molecule has 5 nitrogen and oxygen atoms in total. The predicted molar refractivity (Wildman–Crippen MR) is 102 cm³/mol. The molecule has 2 aromatic rings. The first-order valence-electron chi connectivity index (χ1n) is 8.37. The van der Waals surface area contributed by atoms with Crippen LogP contribution in [-0.4, -0.2) is 29.1 Å². The molecule has 0 saturated carbocycles. The average Bonchev–Trinajstić information content (AvgIpc) is 2.62. The molecule has 144 valence electrons. The lowest BCUT2D eigenvalue weighted by molar-refractivity contribution is -0.118. The summed E-state index contributed by atoms with van der Waals surface area (Å²) in [6, 6.07) is 8.17. The topological polar surface area (TPSA) is 64.6 Å². The second-order valence-corrected chi connectivity index (χ2v) is 8.05. The van der Waals surface area contributed by atoms with E-state index in [2.05, 4.69) is 5.32 Å². The predicted octanol–water partition coefficient (Wildman–Crippen LogP) is 3.12. The van der Waals surface area contributed by atoms with E-state index in [-0.39, 0.29) is 29.8 Å². The molecule has 0 radical (unpaired) electrons. The van der Waals surface area contributed by atoms with Crippen molar-refractivity contribution < 1.29 is 22.9 Å². The van der Waals surface area contributed by atoms with Gasteiger partial charge < -0.3 is 14.8 Å². The smallest absolute Gasteiger partial charge is 0.232 e. The van der Waals surface area contributed by atoms with Gasteiger partial charge >= 0.3 is 0 Å². The Morgan fingerprint density at radius 3 is 2.78 bits per heavy atom. The Morgan fingerprint density at radius 1 is 1.22 bits per heavy atom. The Morgan fingerprint density at radius 2 is 2.00 bits per heavy atom. The van der Waals surface area contributed by atoms with E-state index in [0.717, 1.165) is 0 Å². The van der Waals surface area contributed by atoms with Crippen molar-refractivity contribution in [2.45, 2.75) is 19.2 Å². The summed E-state index contributed by atoms with van der Waals surface area (Å²) in [5, 5.41) is 3.05. The SMILES string of the molecule is Cc1ccc(CNC(=O)CS(=O)Cc2cc(Cl)c3c(c2)OCCO3)cc1F. The van der Waals surface area contributed by atoms with Gasteiger partial charge in [-0.3, -0.25) is 9.00 Å². The summed E-state index contributed by atoms with van der Waals surface area (Å²) in [5.74, 6) is 0.342. The molecule has 0 saturated heterocycles. The minimum Gasteiger partial charge on any atom is -0.486 e. The number of rotatable bonds is 6. The lowest BCUT2D eigenvalue weighted by Crippen LogP contribution is -2.28. The van der Waals surface area contributed by atoms with Crippen LogP contribution in [0.4, 0.5) is 4.39 Å². The van der Waals surface area contributed by atoms with Crippen molar-refractivity contribution >= 4 is 28.3 Å². The van der Waals surface area contributed by atoms with Gasteiger partial charge in [-0.15, -0.1) is 0 Å². The summed E-state index contributed by atoms with van der Waals surface area (Å²) in [6.45, 7) is 2.72. The number of carbonyl (C=O) groups is 1. The molecule has 1 atom stereocenters. The van der Waals surface area contributed by atoms with E-state index in [0.29, 0.717) is 46.4 Å². The fourth-order valence-electron chi connectivity index (χ4n) is 2.63. The molecule has 1 unspecified atom stereocenters. The van der Waals surface area contributed by atoms with Crippen LogP contribution in [0.2, 0.25) is 5.02 Å². The van der Waals surface area contributed by atoms with Crippen LogP contribution in [0.1, 0.15) is 16.7 Å². The average molecular weight is 412 g/mol. The van der Waals surface area contributed by atoms with Crippen LogP contribution in [0, 0.1) is 12.7 Å². The van der Waals surface area contributed by atoms with Crippen molar-refractivity contribution in [1.29, 1.82) is 0 Å². The number of amides is 1. The lowest BCUT2D eigenvalue weighted by atomic mass is 10.1. The molecule has 27 heavy (non-hydrogen) atoms. The van der Waals surface area contributed by atoms with E-state index in [1.54, 1.807) is 31.2 Å². The first-order valence-corrected chi connectivity index (χ1v) is 10.2. The molecule has 1 heterocycles. The van der Waals surface area contributed by atoms with Crippen molar-refractivity contribution in [3.05, 3.63) is 57.9 Å². The Kier molecular flexibility index (Phi) is 6.34. The first-order chi connectivity index (χ1) is 12.9. The zero-order chi connectivity index (χ0) is 19.4. The number of hydrogen-bond acceptors (Lipinski definition) is 4. The quantitative estimate of drug-likeness (QED) is 0.793. The van der Waals surface area contributed by atoms with E-state index < -0.39 is 10.8 Å².